The zero-order valence-electron chi connectivity index (χ0n) is 8.89. The van der Waals surface area contributed by atoms with E-state index in [1.54, 1.807) is 0 Å². The van der Waals surface area contributed by atoms with E-state index in [-0.39, 0.29) is 0 Å². The molecule has 0 radical (unpaired) electrons. The van der Waals surface area contributed by atoms with E-state index in [0.717, 1.165) is 23.7 Å². The van der Waals surface area contributed by atoms with Crippen molar-refractivity contribution in [3.63, 3.8) is 0 Å². The van der Waals surface area contributed by atoms with Gasteiger partial charge in [-0.3, -0.25) is 0 Å². The fraction of sp³-hybridized carbons (Fsp3) is 0.250. The number of aryl methyl sites for hydroxylation is 2. The minimum absolute atomic E-state index is 0.774. The Labute approximate surface area is 88.5 Å². The topological polar surface area (TPSA) is 37.0 Å². The molecule has 0 unspecified atom stereocenters. The summed E-state index contributed by atoms with van der Waals surface area (Å²) < 4.78 is 0. The summed E-state index contributed by atoms with van der Waals surface area (Å²) in [5, 5.41) is 7.71. The number of fused-ring (bicyclic) bond motifs is 2. The molecule has 0 spiro atoms. The SMILES string of the molecule is Cc1ccc2nc3c(cc2c1C)NCN3. The first kappa shape index (κ1) is 8.53. The minimum Gasteiger partial charge on any atom is -0.365 e. The Morgan fingerprint density at radius 2 is 2.07 bits per heavy atom. The maximum absolute atomic E-state index is 4.58. The third-order valence-electron chi connectivity index (χ3n) is 3.07. The van der Waals surface area contributed by atoms with Crippen LogP contribution in [0.2, 0.25) is 0 Å². The highest BCUT2D eigenvalue weighted by molar-refractivity contribution is 5.90. The van der Waals surface area contributed by atoms with Crippen LogP contribution in [0.3, 0.4) is 0 Å². The van der Waals surface area contributed by atoms with Crippen molar-refractivity contribution in [2.75, 3.05) is 17.3 Å². The van der Waals surface area contributed by atoms with Crippen molar-refractivity contribution in [2.24, 2.45) is 0 Å². The van der Waals surface area contributed by atoms with Crippen LogP contribution in [0.15, 0.2) is 18.2 Å². The highest BCUT2D eigenvalue weighted by Crippen LogP contribution is 2.30. The van der Waals surface area contributed by atoms with Gasteiger partial charge in [0.1, 0.15) is 0 Å². The quantitative estimate of drug-likeness (QED) is 0.685. The van der Waals surface area contributed by atoms with Gasteiger partial charge in [-0.15, -0.1) is 0 Å². The molecule has 2 N–H and O–H groups in total. The van der Waals surface area contributed by atoms with Crippen LogP contribution < -0.4 is 10.6 Å². The Morgan fingerprint density at radius 1 is 1.20 bits per heavy atom. The van der Waals surface area contributed by atoms with Gasteiger partial charge in [-0.25, -0.2) is 4.98 Å². The molecule has 15 heavy (non-hydrogen) atoms. The van der Waals surface area contributed by atoms with Crippen LogP contribution in [0.25, 0.3) is 10.9 Å². The molecule has 3 rings (SSSR count). The van der Waals surface area contributed by atoms with Gasteiger partial charge in [0.15, 0.2) is 5.82 Å². The number of nitrogens with zero attached hydrogens (tertiary/aromatic N) is 1. The second-order valence-electron chi connectivity index (χ2n) is 3.99. The third kappa shape index (κ3) is 1.16. The van der Waals surface area contributed by atoms with Crippen molar-refractivity contribution in [1.29, 1.82) is 0 Å². The molecule has 76 valence electrons. The largest absolute Gasteiger partial charge is 0.365 e. The summed E-state index contributed by atoms with van der Waals surface area (Å²) in [6.07, 6.45) is 0. The predicted molar refractivity (Wildman–Crippen MR) is 63.3 cm³/mol. The monoisotopic (exact) mass is 199 g/mol. The number of hydrogen-bond acceptors (Lipinski definition) is 3. The number of anilines is 2. The highest BCUT2D eigenvalue weighted by atomic mass is 15.2. The molecule has 2 aromatic rings. The van der Waals surface area contributed by atoms with Gasteiger partial charge in [0, 0.05) is 5.39 Å². The van der Waals surface area contributed by atoms with Crippen LogP contribution in [0.1, 0.15) is 11.1 Å². The molecule has 1 aromatic heterocycles. The summed E-state index contributed by atoms with van der Waals surface area (Å²) in [6.45, 7) is 5.05. The average molecular weight is 199 g/mol. The molecule has 1 aromatic carbocycles. The summed E-state index contributed by atoms with van der Waals surface area (Å²) in [6, 6.07) is 6.39. The van der Waals surface area contributed by atoms with Gasteiger partial charge in [-0.05, 0) is 37.1 Å². The van der Waals surface area contributed by atoms with Gasteiger partial charge < -0.3 is 10.6 Å². The smallest absolute Gasteiger partial charge is 0.151 e. The van der Waals surface area contributed by atoms with Crippen molar-refractivity contribution < 1.29 is 0 Å². The van der Waals surface area contributed by atoms with E-state index >= 15 is 0 Å². The lowest BCUT2D eigenvalue weighted by Crippen LogP contribution is -1.99. The maximum Gasteiger partial charge on any atom is 0.151 e. The zero-order chi connectivity index (χ0) is 10.4. The third-order valence-corrected chi connectivity index (χ3v) is 3.07. The lowest BCUT2D eigenvalue weighted by molar-refractivity contribution is 1.28. The van der Waals surface area contributed by atoms with Crippen LogP contribution in [0.4, 0.5) is 11.5 Å². The fourth-order valence-electron chi connectivity index (χ4n) is 1.99. The van der Waals surface area contributed by atoms with E-state index in [9.17, 15) is 0 Å². The van der Waals surface area contributed by atoms with E-state index in [1.807, 2.05) is 0 Å². The molecule has 2 heterocycles. The minimum atomic E-state index is 0.774. The van der Waals surface area contributed by atoms with Crippen LogP contribution in [-0.2, 0) is 0 Å². The number of rotatable bonds is 0. The molecule has 0 fully saturated rings. The summed E-state index contributed by atoms with van der Waals surface area (Å²) >= 11 is 0. The zero-order valence-corrected chi connectivity index (χ0v) is 8.89. The Hall–Kier alpha value is -1.77. The number of aromatic nitrogens is 1. The predicted octanol–water partition coefficient (Wildman–Crippen LogP) is 2.65. The molecule has 0 aliphatic carbocycles. The molecule has 1 aliphatic heterocycles. The normalized spacial score (nSPS) is 13.5. The van der Waals surface area contributed by atoms with Crippen molar-refractivity contribution in [3.05, 3.63) is 29.3 Å². The van der Waals surface area contributed by atoms with E-state index in [0.29, 0.717) is 0 Å². The Morgan fingerprint density at radius 3 is 2.93 bits per heavy atom. The van der Waals surface area contributed by atoms with E-state index in [1.165, 1.54) is 16.5 Å². The first-order valence-electron chi connectivity index (χ1n) is 5.14. The van der Waals surface area contributed by atoms with E-state index in [4.69, 9.17) is 0 Å². The van der Waals surface area contributed by atoms with Gasteiger partial charge in [0.2, 0.25) is 0 Å². The molecular weight excluding hydrogens is 186 g/mol. The fourth-order valence-corrected chi connectivity index (χ4v) is 1.99. The molecule has 0 atom stereocenters. The molecule has 0 bridgehead atoms. The maximum atomic E-state index is 4.58. The van der Waals surface area contributed by atoms with Crippen molar-refractivity contribution in [1.82, 2.24) is 4.98 Å². The standard InChI is InChI=1S/C12H13N3/c1-7-3-4-10-9(8(7)2)5-11-12(15-10)14-6-13-11/h3-5,13H,6H2,1-2H3,(H,14,15). The lowest BCUT2D eigenvalue weighted by atomic mass is 10.0. The Bertz CT molecular complexity index is 546. The number of pyridine rings is 1. The van der Waals surface area contributed by atoms with Crippen molar-refractivity contribution >= 4 is 22.4 Å². The first-order valence-corrected chi connectivity index (χ1v) is 5.14. The van der Waals surface area contributed by atoms with Crippen LogP contribution in [0.5, 0.6) is 0 Å². The van der Waals surface area contributed by atoms with Crippen molar-refractivity contribution in [3.8, 4) is 0 Å². The second kappa shape index (κ2) is 2.86. The first-order chi connectivity index (χ1) is 7.25. The molecule has 3 heteroatoms. The van der Waals surface area contributed by atoms with Crippen molar-refractivity contribution in [2.45, 2.75) is 13.8 Å². The summed E-state index contributed by atoms with van der Waals surface area (Å²) in [7, 11) is 0. The second-order valence-corrected chi connectivity index (χ2v) is 3.99. The van der Waals surface area contributed by atoms with E-state index < -0.39 is 0 Å². The van der Waals surface area contributed by atoms with E-state index in [2.05, 4.69) is 47.7 Å². The van der Waals surface area contributed by atoms with Crippen LogP contribution >= 0.6 is 0 Å². The van der Waals surface area contributed by atoms with Gasteiger partial charge in [-0.2, -0.15) is 0 Å². The lowest BCUT2D eigenvalue weighted by Gasteiger charge is -2.07. The average Bonchev–Trinajstić information content (AvgIpc) is 2.68. The molecule has 0 amide bonds. The van der Waals surface area contributed by atoms with Gasteiger partial charge in [0.05, 0.1) is 17.9 Å². The van der Waals surface area contributed by atoms with Crippen LogP contribution in [-0.4, -0.2) is 11.7 Å². The molecule has 0 saturated heterocycles. The van der Waals surface area contributed by atoms with Crippen LogP contribution in [0, 0.1) is 13.8 Å². The van der Waals surface area contributed by atoms with Gasteiger partial charge in [0.25, 0.3) is 0 Å². The molecule has 3 nitrogen and oxygen atoms in total. The molecular formula is C12H13N3. The molecule has 1 aliphatic rings. The van der Waals surface area contributed by atoms with Gasteiger partial charge >= 0.3 is 0 Å². The Kier molecular flexibility index (Phi) is 1.63. The summed E-state index contributed by atoms with van der Waals surface area (Å²) in [4.78, 5) is 4.58. The molecule has 0 saturated carbocycles. The number of hydrogen-bond donors (Lipinski definition) is 2. The number of nitrogens with one attached hydrogen (secondary N) is 2. The van der Waals surface area contributed by atoms with Gasteiger partial charge in [-0.1, -0.05) is 6.07 Å². The Balaban J connectivity index is 2.38. The highest BCUT2D eigenvalue weighted by Gasteiger charge is 2.12. The summed E-state index contributed by atoms with van der Waals surface area (Å²) in [5.41, 5.74) is 4.80. The number of benzene rings is 1. The summed E-state index contributed by atoms with van der Waals surface area (Å²) in [5.74, 6) is 0.964.